The summed E-state index contributed by atoms with van der Waals surface area (Å²) in [7, 11) is 1.28. The Kier molecular flexibility index (Phi) is 12.3. The van der Waals surface area contributed by atoms with Gasteiger partial charge in [-0.2, -0.15) is 0 Å². The number of aliphatic carboxylic acids is 1. The van der Waals surface area contributed by atoms with Crippen molar-refractivity contribution in [1.82, 2.24) is 0 Å². The molecule has 29 heavy (non-hydrogen) atoms. The number of carboxylic acid groups (broad SMARTS) is 1. The zero-order valence-electron chi connectivity index (χ0n) is 15.2. The zero-order chi connectivity index (χ0) is 22.0. The predicted octanol–water partition coefficient (Wildman–Crippen LogP) is 7.02. The van der Waals surface area contributed by atoms with E-state index in [1.165, 1.54) is 18.9 Å². The number of thiol groups is 1. The maximum absolute atomic E-state index is 11.1. The van der Waals surface area contributed by atoms with Crippen LogP contribution in [0.25, 0.3) is 0 Å². The quantitative estimate of drug-likeness (QED) is 0.235. The van der Waals surface area contributed by atoms with E-state index in [9.17, 15) is 9.59 Å². The summed E-state index contributed by atoms with van der Waals surface area (Å²) >= 11 is 28.4. The van der Waals surface area contributed by atoms with Crippen molar-refractivity contribution in [2.24, 2.45) is 5.92 Å². The van der Waals surface area contributed by atoms with Crippen LogP contribution in [-0.4, -0.2) is 29.9 Å². The number of halogens is 4. The lowest BCUT2D eigenvalue weighted by atomic mass is 10.1. The van der Waals surface area contributed by atoms with Gasteiger partial charge in [-0.3, -0.25) is 9.59 Å². The Morgan fingerprint density at radius 3 is 2.10 bits per heavy atom. The van der Waals surface area contributed by atoms with E-state index in [0.29, 0.717) is 25.8 Å². The maximum atomic E-state index is 11.1. The summed E-state index contributed by atoms with van der Waals surface area (Å²) in [5.74, 6) is -1.60. The topological polar surface area (TPSA) is 63.6 Å². The number of rotatable bonds is 7. The van der Waals surface area contributed by atoms with Crippen molar-refractivity contribution < 1.29 is 19.4 Å². The molecule has 0 aliphatic carbocycles. The number of hydrogen-bond donors (Lipinski definition) is 2. The highest BCUT2D eigenvalue weighted by atomic mass is 35.5. The van der Waals surface area contributed by atoms with Crippen LogP contribution in [0.4, 0.5) is 0 Å². The van der Waals surface area contributed by atoms with Gasteiger partial charge >= 0.3 is 11.9 Å². The summed E-state index contributed by atoms with van der Waals surface area (Å²) in [5, 5.41) is 11.1. The van der Waals surface area contributed by atoms with Crippen LogP contribution in [0.2, 0.25) is 20.1 Å². The average molecular weight is 516 g/mol. The number of methoxy groups -OCH3 is 1. The molecule has 0 amide bonds. The fourth-order valence-electron chi connectivity index (χ4n) is 1.92. The lowest BCUT2D eigenvalue weighted by Gasteiger charge is -2.11. The first-order valence-electron chi connectivity index (χ1n) is 8.15. The van der Waals surface area contributed by atoms with Gasteiger partial charge in [0.2, 0.25) is 0 Å². The van der Waals surface area contributed by atoms with Gasteiger partial charge in [0.25, 0.3) is 0 Å². The molecule has 0 spiro atoms. The molecule has 0 radical (unpaired) electrons. The summed E-state index contributed by atoms with van der Waals surface area (Å²) in [6.45, 7) is 0. The Hall–Kier alpha value is -0.760. The molecule has 0 heterocycles. The Balaban J connectivity index is 0.000000387. The Bertz CT molecular complexity index is 849. The first-order valence-corrected chi connectivity index (χ1v) is 11.1. The van der Waals surface area contributed by atoms with Gasteiger partial charge in [-0.25, -0.2) is 0 Å². The molecule has 0 fully saturated rings. The number of carbonyl (C=O) groups is 2. The van der Waals surface area contributed by atoms with Crippen molar-refractivity contribution >= 4 is 82.7 Å². The number of carboxylic acids is 1. The first kappa shape index (κ1) is 26.3. The van der Waals surface area contributed by atoms with Crippen LogP contribution in [0.1, 0.15) is 12.8 Å². The molecule has 0 aliphatic rings. The van der Waals surface area contributed by atoms with E-state index in [1.807, 2.05) is 0 Å². The lowest BCUT2D eigenvalue weighted by Crippen LogP contribution is -2.18. The van der Waals surface area contributed by atoms with Crippen molar-refractivity contribution in [3.05, 3.63) is 56.5 Å². The molecule has 0 saturated heterocycles. The number of esters is 1. The van der Waals surface area contributed by atoms with Crippen LogP contribution in [0, 0.1) is 5.92 Å². The molecular formula is C19H18Cl4O4S2. The molecule has 1 unspecified atom stereocenters. The number of carbonyl (C=O) groups excluding carboxylic acids is 1. The molecule has 4 nitrogen and oxygen atoms in total. The first-order chi connectivity index (χ1) is 13.6. The van der Waals surface area contributed by atoms with E-state index in [2.05, 4.69) is 17.4 Å². The SMILES string of the molecule is COC(=O)CCC(CSc1ccc(Cl)c(Cl)c1)C(=O)O.Sc1ccc(Cl)c(Cl)c1. The highest BCUT2D eigenvalue weighted by Crippen LogP contribution is 2.29. The Morgan fingerprint density at radius 1 is 1.03 bits per heavy atom. The number of ether oxygens (including phenoxy) is 1. The minimum absolute atomic E-state index is 0.0927. The van der Waals surface area contributed by atoms with E-state index in [0.717, 1.165) is 9.79 Å². The smallest absolute Gasteiger partial charge is 0.307 e. The summed E-state index contributed by atoms with van der Waals surface area (Å²) < 4.78 is 4.50. The van der Waals surface area contributed by atoms with Gasteiger partial charge in [0.05, 0.1) is 33.1 Å². The van der Waals surface area contributed by atoms with Gasteiger partial charge < -0.3 is 9.84 Å². The molecule has 158 valence electrons. The second kappa shape index (κ2) is 13.5. The summed E-state index contributed by atoms with van der Waals surface area (Å²) in [6.07, 6.45) is 0.339. The molecule has 1 N–H and O–H groups in total. The zero-order valence-corrected chi connectivity index (χ0v) is 19.9. The Labute approximate surface area is 199 Å². The monoisotopic (exact) mass is 514 g/mol. The van der Waals surface area contributed by atoms with Crippen LogP contribution in [-0.2, 0) is 14.3 Å². The summed E-state index contributed by atoms with van der Waals surface area (Å²) in [6, 6.07) is 10.3. The van der Waals surface area contributed by atoms with Gasteiger partial charge in [0.15, 0.2) is 0 Å². The molecule has 0 bridgehead atoms. The molecule has 0 aromatic heterocycles. The fraction of sp³-hybridized carbons (Fsp3) is 0.263. The van der Waals surface area contributed by atoms with E-state index in [-0.39, 0.29) is 12.8 Å². The van der Waals surface area contributed by atoms with E-state index in [4.69, 9.17) is 51.5 Å². The normalized spacial score (nSPS) is 11.2. The van der Waals surface area contributed by atoms with Crippen molar-refractivity contribution in [3.63, 3.8) is 0 Å². The molecule has 10 heteroatoms. The molecule has 2 aromatic carbocycles. The van der Waals surface area contributed by atoms with Crippen molar-refractivity contribution in [3.8, 4) is 0 Å². The van der Waals surface area contributed by atoms with Gasteiger partial charge in [0, 0.05) is 22.0 Å². The van der Waals surface area contributed by atoms with Gasteiger partial charge in [-0.05, 0) is 42.8 Å². The minimum Gasteiger partial charge on any atom is -0.481 e. The standard InChI is InChI=1S/C13H14Cl2O4S.C6H4Cl2S/c1-19-12(16)5-2-8(13(17)18)7-20-9-3-4-10(14)11(15)6-9;7-5-2-1-4(9)3-6(5)8/h3-4,6,8H,2,5,7H2,1H3,(H,17,18);1-3,9H. The molecule has 2 rings (SSSR count). The molecular weight excluding hydrogens is 498 g/mol. The number of benzene rings is 2. The second-order valence-corrected chi connectivity index (χ2v) is 8.87. The van der Waals surface area contributed by atoms with Crippen molar-refractivity contribution in [2.75, 3.05) is 12.9 Å². The Morgan fingerprint density at radius 2 is 1.62 bits per heavy atom. The third-order valence-corrected chi connectivity index (χ3v) is 6.43. The average Bonchev–Trinajstić information content (AvgIpc) is 2.67. The largest absolute Gasteiger partial charge is 0.481 e. The van der Waals surface area contributed by atoms with E-state index in [1.54, 1.807) is 36.4 Å². The van der Waals surface area contributed by atoms with E-state index < -0.39 is 17.9 Å². The molecule has 2 aromatic rings. The summed E-state index contributed by atoms with van der Waals surface area (Å²) in [4.78, 5) is 23.8. The van der Waals surface area contributed by atoms with Crippen molar-refractivity contribution in [2.45, 2.75) is 22.6 Å². The van der Waals surface area contributed by atoms with Gasteiger partial charge in [0.1, 0.15) is 0 Å². The highest BCUT2D eigenvalue weighted by molar-refractivity contribution is 7.99. The van der Waals surface area contributed by atoms with Crippen LogP contribution in [0.3, 0.4) is 0 Å². The molecule has 1 atom stereocenters. The lowest BCUT2D eigenvalue weighted by molar-refractivity contribution is -0.143. The van der Waals surface area contributed by atoms with Crippen LogP contribution in [0.5, 0.6) is 0 Å². The van der Waals surface area contributed by atoms with Crippen LogP contribution < -0.4 is 0 Å². The third kappa shape index (κ3) is 10.2. The predicted molar refractivity (Wildman–Crippen MR) is 123 cm³/mol. The number of thioether (sulfide) groups is 1. The van der Waals surface area contributed by atoms with E-state index >= 15 is 0 Å². The maximum Gasteiger partial charge on any atom is 0.307 e. The fourth-order valence-corrected chi connectivity index (χ4v) is 3.93. The number of hydrogen-bond acceptors (Lipinski definition) is 5. The van der Waals surface area contributed by atoms with Crippen LogP contribution in [0.15, 0.2) is 46.2 Å². The third-order valence-electron chi connectivity index (χ3n) is 3.52. The highest BCUT2D eigenvalue weighted by Gasteiger charge is 2.19. The minimum atomic E-state index is -0.929. The van der Waals surface area contributed by atoms with Crippen LogP contribution >= 0.6 is 70.8 Å². The second-order valence-electron chi connectivity index (χ2n) is 5.64. The molecule has 0 aliphatic heterocycles. The van der Waals surface area contributed by atoms with Gasteiger partial charge in [-0.15, -0.1) is 24.4 Å². The van der Waals surface area contributed by atoms with Gasteiger partial charge in [-0.1, -0.05) is 46.4 Å². The molecule has 0 saturated carbocycles. The summed E-state index contributed by atoms with van der Waals surface area (Å²) in [5.41, 5.74) is 0. The van der Waals surface area contributed by atoms with Crippen molar-refractivity contribution in [1.29, 1.82) is 0 Å².